The molecular formula is C23H21Cl2FN2O3S2. The van der Waals surface area contributed by atoms with Crippen LogP contribution in [-0.4, -0.2) is 36.1 Å². The minimum atomic E-state index is -4.04. The van der Waals surface area contributed by atoms with Gasteiger partial charge < -0.3 is 4.90 Å². The van der Waals surface area contributed by atoms with Gasteiger partial charge in [-0.25, -0.2) is 12.8 Å². The lowest BCUT2D eigenvalue weighted by Gasteiger charge is -2.27. The maximum absolute atomic E-state index is 13.4. The number of carbonyl (C=O) groups excluding carboxylic acids is 1. The number of benzene rings is 2. The summed E-state index contributed by atoms with van der Waals surface area (Å²) in [7, 11) is -4.04. The highest BCUT2D eigenvalue weighted by atomic mass is 35.5. The standard InChI is InChI=1S/C23H21Cl2FN2O3S2/c24-17-5-10-21(25)22(12-17)33(30,31)28(19-8-9-19)15-23(29)27(14-20-2-1-11-32-20)13-16-3-6-18(26)7-4-16/h1-7,10-12,19H,8-9,13-15H2. The third kappa shape index (κ3) is 5.94. The number of rotatable bonds is 9. The molecule has 0 N–H and O–H groups in total. The van der Waals surface area contributed by atoms with Gasteiger partial charge in [0.05, 0.1) is 18.1 Å². The summed E-state index contributed by atoms with van der Waals surface area (Å²) in [6, 6.07) is 13.7. The maximum Gasteiger partial charge on any atom is 0.245 e. The van der Waals surface area contributed by atoms with Gasteiger partial charge in [0.25, 0.3) is 0 Å². The number of halogens is 3. The van der Waals surface area contributed by atoms with Crippen LogP contribution < -0.4 is 0 Å². The van der Waals surface area contributed by atoms with Crippen molar-refractivity contribution in [1.29, 1.82) is 0 Å². The van der Waals surface area contributed by atoms with E-state index in [9.17, 15) is 17.6 Å². The zero-order valence-corrected chi connectivity index (χ0v) is 20.6. The zero-order chi connectivity index (χ0) is 23.6. The smallest absolute Gasteiger partial charge is 0.245 e. The fourth-order valence-electron chi connectivity index (χ4n) is 3.44. The minimum Gasteiger partial charge on any atom is -0.332 e. The Morgan fingerprint density at radius 2 is 1.79 bits per heavy atom. The normalized spacial score (nSPS) is 13.9. The Morgan fingerprint density at radius 1 is 1.06 bits per heavy atom. The molecule has 1 aliphatic rings. The van der Waals surface area contributed by atoms with Crippen molar-refractivity contribution in [2.45, 2.75) is 36.9 Å². The van der Waals surface area contributed by atoms with Crippen LogP contribution in [0.25, 0.3) is 0 Å². The van der Waals surface area contributed by atoms with E-state index in [4.69, 9.17) is 23.2 Å². The molecule has 174 valence electrons. The molecule has 1 saturated carbocycles. The molecule has 1 fully saturated rings. The van der Waals surface area contributed by atoms with E-state index in [1.807, 2.05) is 17.5 Å². The summed E-state index contributed by atoms with van der Waals surface area (Å²) >= 11 is 13.7. The van der Waals surface area contributed by atoms with Crippen LogP contribution >= 0.6 is 34.5 Å². The average molecular weight is 527 g/mol. The highest BCUT2D eigenvalue weighted by Crippen LogP contribution is 2.35. The van der Waals surface area contributed by atoms with Crippen LogP contribution in [-0.2, 0) is 27.9 Å². The van der Waals surface area contributed by atoms with E-state index in [0.29, 0.717) is 19.4 Å². The van der Waals surface area contributed by atoms with Crippen molar-refractivity contribution < 1.29 is 17.6 Å². The number of thiophene rings is 1. The molecule has 5 nitrogen and oxygen atoms in total. The van der Waals surface area contributed by atoms with E-state index < -0.39 is 10.0 Å². The van der Waals surface area contributed by atoms with Crippen molar-refractivity contribution in [3.05, 3.63) is 86.3 Å². The average Bonchev–Trinajstić information content (AvgIpc) is 3.49. The predicted molar refractivity (Wildman–Crippen MR) is 128 cm³/mol. The largest absolute Gasteiger partial charge is 0.332 e. The lowest BCUT2D eigenvalue weighted by molar-refractivity contribution is -0.132. The van der Waals surface area contributed by atoms with Gasteiger partial charge in [-0.1, -0.05) is 41.4 Å². The molecule has 1 aromatic heterocycles. The fourth-order valence-corrected chi connectivity index (χ4v) is 6.53. The molecule has 3 aromatic rings. The van der Waals surface area contributed by atoms with Crippen molar-refractivity contribution >= 4 is 50.5 Å². The zero-order valence-electron chi connectivity index (χ0n) is 17.5. The molecule has 1 heterocycles. The second kappa shape index (κ2) is 10.1. The van der Waals surface area contributed by atoms with E-state index in [1.54, 1.807) is 17.0 Å². The monoisotopic (exact) mass is 526 g/mol. The highest BCUT2D eigenvalue weighted by molar-refractivity contribution is 7.89. The fraction of sp³-hybridized carbons (Fsp3) is 0.261. The van der Waals surface area contributed by atoms with E-state index in [-0.39, 0.29) is 45.8 Å². The summed E-state index contributed by atoms with van der Waals surface area (Å²) in [6.07, 6.45) is 1.35. The van der Waals surface area contributed by atoms with Crippen LogP contribution in [0.2, 0.25) is 10.0 Å². The summed E-state index contributed by atoms with van der Waals surface area (Å²) < 4.78 is 41.4. The van der Waals surface area contributed by atoms with Crippen LogP contribution in [0.4, 0.5) is 4.39 Å². The summed E-state index contributed by atoms with van der Waals surface area (Å²) in [5.74, 6) is -0.708. The third-order valence-corrected chi connectivity index (χ3v) is 8.77. The number of hydrogen-bond donors (Lipinski definition) is 0. The van der Waals surface area contributed by atoms with Gasteiger partial charge >= 0.3 is 0 Å². The third-order valence-electron chi connectivity index (χ3n) is 5.29. The molecule has 2 aromatic carbocycles. The van der Waals surface area contributed by atoms with E-state index >= 15 is 0 Å². The molecule has 33 heavy (non-hydrogen) atoms. The Bertz CT molecular complexity index is 1230. The molecular weight excluding hydrogens is 506 g/mol. The molecule has 0 aliphatic heterocycles. The topological polar surface area (TPSA) is 57.7 Å². The van der Waals surface area contributed by atoms with Gasteiger partial charge in [-0.15, -0.1) is 11.3 Å². The number of hydrogen-bond acceptors (Lipinski definition) is 4. The van der Waals surface area contributed by atoms with Gasteiger partial charge in [-0.05, 0) is 60.2 Å². The first kappa shape index (κ1) is 24.2. The second-order valence-electron chi connectivity index (χ2n) is 7.81. The number of sulfonamides is 1. The van der Waals surface area contributed by atoms with Crippen LogP contribution in [0.15, 0.2) is 64.9 Å². The number of amides is 1. The molecule has 1 aliphatic carbocycles. The molecule has 0 radical (unpaired) electrons. The van der Waals surface area contributed by atoms with Crippen molar-refractivity contribution in [1.82, 2.24) is 9.21 Å². The summed E-state index contributed by atoms with van der Waals surface area (Å²) in [5, 5.41) is 2.22. The van der Waals surface area contributed by atoms with Crippen molar-refractivity contribution in [3.8, 4) is 0 Å². The van der Waals surface area contributed by atoms with Gasteiger partial charge in [-0.3, -0.25) is 4.79 Å². The van der Waals surface area contributed by atoms with E-state index in [1.165, 1.54) is 46.0 Å². The van der Waals surface area contributed by atoms with Gasteiger partial charge in [0.2, 0.25) is 15.9 Å². The van der Waals surface area contributed by atoms with Gasteiger partial charge in [0.1, 0.15) is 10.7 Å². The lowest BCUT2D eigenvalue weighted by atomic mass is 10.2. The predicted octanol–water partition coefficient (Wildman–Crippen LogP) is 5.58. The molecule has 0 spiro atoms. The van der Waals surface area contributed by atoms with Crippen LogP contribution in [0.1, 0.15) is 23.3 Å². The summed E-state index contributed by atoms with van der Waals surface area (Å²) in [4.78, 5) is 15.8. The molecule has 0 atom stereocenters. The van der Waals surface area contributed by atoms with Crippen LogP contribution in [0.3, 0.4) is 0 Å². The van der Waals surface area contributed by atoms with Crippen molar-refractivity contribution in [2.75, 3.05) is 6.54 Å². The first-order chi connectivity index (χ1) is 15.7. The lowest BCUT2D eigenvalue weighted by Crippen LogP contribution is -2.43. The second-order valence-corrected chi connectivity index (χ2v) is 11.5. The summed E-state index contributed by atoms with van der Waals surface area (Å²) in [5.41, 5.74) is 0.750. The molecule has 0 bridgehead atoms. The number of carbonyl (C=O) groups is 1. The van der Waals surface area contributed by atoms with Crippen molar-refractivity contribution in [2.24, 2.45) is 0 Å². The quantitative estimate of drug-likeness (QED) is 0.365. The molecule has 0 unspecified atom stereocenters. The van der Waals surface area contributed by atoms with E-state index in [0.717, 1.165) is 10.4 Å². The first-order valence-electron chi connectivity index (χ1n) is 10.3. The summed E-state index contributed by atoms with van der Waals surface area (Å²) in [6.45, 7) is 0.236. The Morgan fingerprint density at radius 3 is 2.42 bits per heavy atom. The highest BCUT2D eigenvalue weighted by Gasteiger charge is 2.41. The molecule has 0 saturated heterocycles. The first-order valence-corrected chi connectivity index (χ1v) is 13.3. The SMILES string of the molecule is O=C(CN(C1CC1)S(=O)(=O)c1cc(Cl)ccc1Cl)N(Cc1ccc(F)cc1)Cc1cccs1. The molecule has 10 heteroatoms. The Labute approximate surface area is 206 Å². The molecule has 4 rings (SSSR count). The Hall–Kier alpha value is -1.97. The maximum atomic E-state index is 13.4. The van der Waals surface area contributed by atoms with Gasteiger partial charge in [0.15, 0.2) is 0 Å². The number of nitrogens with zero attached hydrogens (tertiary/aromatic N) is 2. The van der Waals surface area contributed by atoms with Crippen LogP contribution in [0, 0.1) is 5.82 Å². The Balaban J connectivity index is 1.60. The molecule has 1 amide bonds. The Kier molecular flexibility index (Phi) is 7.40. The van der Waals surface area contributed by atoms with Crippen molar-refractivity contribution in [3.63, 3.8) is 0 Å². The minimum absolute atomic E-state index is 0.0549. The van der Waals surface area contributed by atoms with E-state index in [2.05, 4.69) is 0 Å². The van der Waals surface area contributed by atoms with Crippen LogP contribution in [0.5, 0.6) is 0 Å². The van der Waals surface area contributed by atoms with Gasteiger partial charge in [-0.2, -0.15) is 4.31 Å². The van der Waals surface area contributed by atoms with Gasteiger partial charge in [0, 0.05) is 22.5 Å².